The normalized spacial score (nSPS) is 11.5. The van der Waals surface area contributed by atoms with Gasteiger partial charge in [0.25, 0.3) is 0 Å². The zero-order chi connectivity index (χ0) is 20.6. The van der Waals surface area contributed by atoms with Gasteiger partial charge in [0.05, 0.1) is 22.7 Å². The minimum Gasteiger partial charge on any atom is -0.399 e. The molecule has 0 aliphatic rings. The first-order valence-corrected chi connectivity index (χ1v) is 8.77. The van der Waals surface area contributed by atoms with E-state index in [-0.39, 0.29) is 12.1 Å². The molecule has 29 heavy (non-hydrogen) atoms. The van der Waals surface area contributed by atoms with Crippen molar-refractivity contribution in [1.29, 1.82) is 5.26 Å². The fraction of sp³-hybridized carbons (Fsp3) is 0.0909. The Morgan fingerprint density at radius 2 is 1.59 bits per heavy atom. The summed E-state index contributed by atoms with van der Waals surface area (Å²) in [4.78, 5) is 3.88. The number of imidazole rings is 1. The topological polar surface area (TPSA) is 67.6 Å². The average molecular weight is 392 g/mol. The van der Waals surface area contributed by atoms with E-state index in [9.17, 15) is 13.2 Å². The van der Waals surface area contributed by atoms with Crippen molar-refractivity contribution in [3.63, 3.8) is 0 Å². The second-order valence-electron chi connectivity index (χ2n) is 6.65. The third-order valence-corrected chi connectivity index (χ3v) is 4.67. The number of benzene rings is 3. The molecule has 1 aromatic heterocycles. The van der Waals surface area contributed by atoms with E-state index in [0.29, 0.717) is 22.3 Å². The number of fused-ring (bicyclic) bond motifs is 1. The molecule has 0 saturated carbocycles. The van der Waals surface area contributed by atoms with Crippen molar-refractivity contribution in [2.45, 2.75) is 12.7 Å². The summed E-state index contributed by atoms with van der Waals surface area (Å²) in [7, 11) is 0. The maximum atomic E-state index is 13.6. The first kappa shape index (κ1) is 18.6. The summed E-state index contributed by atoms with van der Waals surface area (Å²) >= 11 is 0. The molecule has 4 aromatic rings. The predicted molar refractivity (Wildman–Crippen MR) is 105 cm³/mol. The van der Waals surface area contributed by atoms with Crippen LogP contribution in [0.25, 0.3) is 22.2 Å². The Labute approximate surface area is 164 Å². The van der Waals surface area contributed by atoms with Crippen molar-refractivity contribution in [2.75, 3.05) is 5.73 Å². The smallest absolute Gasteiger partial charge is 0.399 e. The molecule has 7 heteroatoms. The molecule has 4 nitrogen and oxygen atoms in total. The van der Waals surface area contributed by atoms with Crippen molar-refractivity contribution in [3.05, 3.63) is 83.7 Å². The van der Waals surface area contributed by atoms with Gasteiger partial charge < -0.3 is 10.3 Å². The maximum Gasteiger partial charge on any atom is 0.449 e. The molecule has 0 spiro atoms. The van der Waals surface area contributed by atoms with Gasteiger partial charge in [-0.2, -0.15) is 18.4 Å². The van der Waals surface area contributed by atoms with Gasteiger partial charge in [-0.1, -0.05) is 30.3 Å². The zero-order valence-electron chi connectivity index (χ0n) is 15.1. The SMILES string of the molecule is N#Cc1ccc(-c2ccc3c(c2)nc(C(F)(F)F)n3Cc2ccc(N)cc2)cc1. The highest BCUT2D eigenvalue weighted by Crippen LogP contribution is 2.33. The third-order valence-electron chi connectivity index (χ3n) is 4.67. The van der Waals surface area contributed by atoms with Gasteiger partial charge in [0.15, 0.2) is 0 Å². The van der Waals surface area contributed by atoms with Crippen LogP contribution < -0.4 is 5.73 Å². The zero-order valence-corrected chi connectivity index (χ0v) is 15.1. The number of nitrogens with zero attached hydrogens (tertiary/aromatic N) is 3. The summed E-state index contributed by atoms with van der Waals surface area (Å²) in [6.07, 6.45) is -4.58. The Morgan fingerprint density at radius 3 is 2.21 bits per heavy atom. The number of hydrogen-bond donors (Lipinski definition) is 1. The van der Waals surface area contributed by atoms with Gasteiger partial charge in [-0.25, -0.2) is 4.98 Å². The van der Waals surface area contributed by atoms with E-state index >= 15 is 0 Å². The van der Waals surface area contributed by atoms with Crippen LogP contribution in [0.15, 0.2) is 66.7 Å². The fourth-order valence-corrected chi connectivity index (χ4v) is 3.23. The third kappa shape index (κ3) is 3.65. The highest BCUT2D eigenvalue weighted by molar-refractivity contribution is 5.83. The van der Waals surface area contributed by atoms with Gasteiger partial charge in [0.2, 0.25) is 5.82 Å². The number of halogens is 3. The van der Waals surface area contributed by atoms with Crippen molar-refractivity contribution in [1.82, 2.24) is 9.55 Å². The molecule has 0 atom stereocenters. The van der Waals surface area contributed by atoms with Crippen molar-refractivity contribution in [2.24, 2.45) is 0 Å². The number of aromatic nitrogens is 2. The summed E-state index contributed by atoms with van der Waals surface area (Å²) in [5, 5.41) is 8.91. The van der Waals surface area contributed by atoms with E-state index in [1.165, 1.54) is 4.57 Å². The number of hydrogen-bond acceptors (Lipinski definition) is 3. The Bertz CT molecular complexity index is 1210. The van der Waals surface area contributed by atoms with E-state index in [1.807, 2.05) is 6.07 Å². The minimum absolute atomic E-state index is 0.0296. The van der Waals surface area contributed by atoms with E-state index in [1.54, 1.807) is 66.7 Å². The molecule has 0 aliphatic heterocycles. The quantitative estimate of drug-likeness (QED) is 0.486. The molecular weight excluding hydrogens is 377 g/mol. The largest absolute Gasteiger partial charge is 0.449 e. The maximum absolute atomic E-state index is 13.6. The van der Waals surface area contributed by atoms with Crippen LogP contribution >= 0.6 is 0 Å². The van der Waals surface area contributed by atoms with Gasteiger partial charge in [0, 0.05) is 12.2 Å². The highest BCUT2D eigenvalue weighted by atomic mass is 19.4. The van der Waals surface area contributed by atoms with Gasteiger partial charge in [-0.3, -0.25) is 0 Å². The molecule has 0 unspecified atom stereocenters. The highest BCUT2D eigenvalue weighted by Gasteiger charge is 2.37. The molecule has 0 saturated heterocycles. The van der Waals surface area contributed by atoms with E-state index in [4.69, 9.17) is 11.0 Å². The number of rotatable bonds is 3. The second-order valence-corrected chi connectivity index (χ2v) is 6.65. The summed E-state index contributed by atoms with van der Waals surface area (Å²) in [6.45, 7) is 0.0296. The number of nitriles is 1. The lowest BCUT2D eigenvalue weighted by molar-refractivity contribution is -0.146. The lowest BCUT2D eigenvalue weighted by Gasteiger charge is -2.12. The van der Waals surface area contributed by atoms with Crippen LogP contribution in [-0.4, -0.2) is 9.55 Å². The number of nitrogen functional groups attached to an aromatic ring is 1. The van der Waals surface area contributed by atoms with Crippen molar-refractivity contribution in [3.8, 4) is 17.2 Å². The molecule has 0 aliphatic carbocycles. The molecule has 3 aromatic carbocycles. The fourth-order valence-electron chi connectivity index (χ4n) is 3.23. The predicted octanol–water partition coefficient (Wildman–Crippen LogP) is 5.22. The van der Waals surface area contributed by atoms with Crippen molar-refractivity contribution < 1.29 is 13.2 Å². The number of nitrogens with two attached hydrogens (primary N) is 1. The monoisotopic (exact) mass is 392 g/mol. The standard InChI is InChI=1S/C22H15F3N4/c23-22(24,25)21-28-19-11-17(16-5-1-14(12-26)2-6-16)7-10-20(19)29(21)13-15-3-8-18(27)9-4-15/h1-11H,13,27H2. The van der Waals surface area contributed by atoms with Crippen LogP contribution in [0.3, 0.4) is 0 Å². The lowest BCUT2D eigenvalue weighted by atomic mass is 10.0. The molecule has 1 heterocycles. The molecule has 144 valence electrons. The lowest BCUT2D eigenvalue weighted by Crippen LogP contribution is -2.15. The molecule has 4 rings (SSSR count). The van der Waals surface area contributed by atoms with Gasteiger partial charge >= 0.3 is 6.18 Å². The summed E-state index contributed by atoms with van der Waals surface area (Å²) in [5.74, 6) is -0.943. The Kier molecular flexibility index (Phi) is 4.47. The van der Waals surface area contributed by atoms with Gasteiger partial charge in [0.1, 0.15) is 0 Å². The van der Waals surface area contributed by atoms with Crippen LogP contribution in [0, 0.1) is 11.3 Å². The second kappa shape index (κ2) is 6.99. The number of anilines is 1. The summed E-state index contributed by atoms with van der Waals surface area (Å²) < 4.78 is 42.0. The van der Waals surface area contributed by atoms with E-state index < -0.39 is 12.0 Å². The average Bonchev–Trinajstić information content (AvgIpc) is 3.08. The Balaban J connectivity index is 1.81. The molecule has 0 radical (unpaired) electrons. The van der Waals surface area contributed by atoms with Crippen molar-refractivity contribution >= 4 is 16.7 Å². The minimum atomic E-state index is -4.58. The van der Waals surface area contributed by atoms with E-state index in [0.717, 1.165) is 11.1 Å². The first-order valence-electron chi connectivity index (χ1n) is 8.77. The Hall–Kier alpha value is -3.79. The summed E-state index contributed by atoms with van der Waals surface area (Å²) in [6, 6.07) is 20.6. The van der Waals surface area contributed by atoms with Gasteiger partial charge in [-0.15, -0.1) is 0 Å². The van der Waals surface area contributed by atoms with Crippen LogP contribution in [-0.2, 0) is 12.7 Å². The van der Waals surface area contributed by atoms with E-state index in [2.05, 4.69) is 4.98 Å². The number of alkyl halides is 3. The van der Waals surface area contributed by atoms with Crippen LogP contribution in [0.5, 0.6) is 0 Å². The first-order chi connectivity index (χ1) is 13.8. The molecule has 0 fully saturated rings. The van der Waals surface area contributed by atoms with Crippen LogP contribution in [0.4, 0.5) is 18.9 Å². The summed E-state index contributed by atoms with van der Waals surface area (Å²) in [5.41, 5.74) is 9.60. The molecule has 0 bridgehead atoms. The molecule has 2 N–H and O–H groups in total. The molecular formula is C22H15F3N4. The van der Waals surface area contributed by atoms with Gasteiger partial charge in [-0.05, 0) is 53.1 Å². The van der Waals surface area contributed by atoms with Crippen LogP contribution in [0.2, 0.25) is 0 Å². The molecule has 0 amide bonds. The Morgan fingerprint density at radius 1 is 0.931 bits per heavy atom. The van der Waals surface area contributed by atoms with Crippen LogP contribution in [0.1, 0.15) is 17.0 Å².